The molecule has 0 heterocycles. The second kappa shape index (κ2) is 6.28. The molecule has 0 aromatic heterocycles. The molecule has 0 radical (unpaired) electrons. The van der Waals surface area contributed by atoms with Crippen LogP contribution >= 0.6 is 11.8 Å². The van der Waals surface area contributed by atoms with E-state index in [1.54, 1.807) is 0 Å². The van der Waals surface area contributed by atoms with E-state index in [0.29, 0.717) is 10.8 Å². The molecular weight excluding hydrogens is 216 g/mol. The zero-order valence-electron chi connectivity index (χ0n) is 10.4. The normalized spacial score (nSPS) is 13.8. The van der Waals surface area contributed by atoms with Crippen LogP contribution in [0.15, 0.2) is 30.3 Å². The van der Waals surface area contributed by atoms with E-state index in [0.717, 1.165) is 12.2 Å². The first-order chi connectivity index (χ1) is 7.51. The van der Waals surface area contributed by atoms with Crippen LogP contribution < -0.4 is 11.3 Å². The van der Waals surface area contributed by atoms with Gasteiger partial charge in [-0.2, -0.15) is 11.8 Å². The Morgan fingerprint density at radius 1 is 1.25 bits per heavy atom. The Labute approximate surface area is 103 Å². The fourth-order valence-electron chi connectivity index (χ4n) is 1.42. The molecule has 1 rings (SSSR count). The third-order valence-corrected chi connectivity index (χ3v) is 3.71. The second-order valence-corrected chi connectivity index (χ2v) is 6.82. The van der Waals surface area contributed by atoms with Crippen molar-refractivity contribution < 1.29 is 0 Å². The Balaban J connectivity index is 2.44. The number of hydrogen-bond acceptors (Lipinski definition) is 3. The van der Waals surface area contributed by atoms with Gasteiger partial charge in [-0.25, -0.2) is 0 Å². The molecule has 90 valence electrons. The van der Waals surface area contributed by atoms with Crippen molar-refractivity contribution in [3.05, 3.63) is 35.9 Å². The van der Waals surface area contributed by atoms with Crippen molar-refractivity contribution in [2.45, 2.75) is 38.0 Å². The van der Waals surface area contributed by atoms with Gasteiger partial charge in [0, 0.05) is 16.5 Å². The largest absolute Gasteiger partial charge is 0.271 e. The fourth-order valence-corrected chi connectivity index (χ4v) is 2.33. The molecule has 0 fully saturated rings. The lowest BCUT2D eigenvalue weighted by Gasteiger charge is -2.22. The lowest BCUT2D eigenvalue weighted by Crippen LogP contribution is -2.39. The first kappa shape index (κ1) is 13.6. The summed E-state index contributed by atoms with van der Waals surface area (Å²) in [5, 5.41) is 0. The van der Waals surface area contributed by atoms with Crippen molar-refractivity contribution in [2.75, 3.05) is 5.75 Å². The van der Waals surface area contributed by atoms with Crippen LogP contribution in [0.4, 0.5) is 0 Å². The van der Waals surface area contributed by atoms with Crippen LogP contribution in [0, 0.1) is 0 Å². The maximum Gasteiger partial charge on any atom is 0.0341 e. The number of thioether (sulfide) groups is 1. The van der Waals surface area contributed by atoms with Crippen molar-refractivity contribution in [3.8, 4) is 0 Å². The average molecular weight is 238 g/mol. The van der Waals surface area contributed by atoms with E-state index in [2.05, 4.69) is 50.5 Å². The van der Waals surface area contributed by atoms with E-state index in [9.17, 15) is 0 Å². The zero-order chi connectivity index (χ0) is 12.0. The van der Waals surface area contributed by atoms with Crippen LogP contribution in [0.3, 0.4) is 0 Å². The van der Waals surface area contributed by atoms with Crippen LogP contribution in [-0.4, -0.2) is 16.5 Å². The van der Waals surface area contributed by atoms with E-state index in [1.807, 2.05) is 17.8 Å². The smallest absolute Gasteiger partial charge is 0.0341 e. The van der Waals surface area contributed by atoms with E-state index in [4.69, 9.17) is 5.84 Å². The Bertz CT molecular complexity index is 293. The highest BCUT2D eigenvalue weighted by Crippen LogP contribution is 2.24. The summed E-state index contributed by atoms with van der Waals surface area (Å²) in [5.41, 5.74) is 4.24. The number of hydrazine groups is 1. The summed E-state index contributed by atoms with van der Waals surface area (Å²) in [4.78, 5) is 0. The van der Waals surface area contributed by atoms with Crippen LogP contribution in [0.2, 0.25) is 0 Å². The zero-order valence-corrected chi connectivity index (χ0v) is 11.2. The summed E-state index contributed by atoms with van der Waals surface area (Å²) >= 11 is 1.94. The van der Waals surface area contributed by atoms with Crippen molar-refractivity contribution in [1.82, 2.24) is 5.43 Å². The van der Waals surface area contributed by atoms with Gasteiger partial charge in [0.2, 0.25) is 0 Å². The van der Waals surface area contributed by atoms with Crippen molar-refractivity contribution in [1.29, 1.82) is 0 Å². The molecule has 1 aromatic carbocycles. The quantitative estimate of drug-likeness (QED) is 0.612. The molecule has 2 nitrogen and oxygen atoms in total. The summed E-state index contributed by atoms with van der Waals surface area (Å²) in [6.07, 6.45) is 0.987. The van der Waals surface area contributed by atoms with Crippen molar-refractivity contribution in [2.24, 2.45) is 5.84 Å². The van der Waals surface area contributed by atoms with Crippen molar-refractivity contribution >= 4 is 11.8 Å². The maximum atomic E-state index is 5.59. The van der Waals surface area contributed by atoms with E-state index >= 15 is 0 Å². The molecule has 0 amide bonds. The van der Waals surface area contributed by atoms with Crippen molar-refractivity contribution in [3.63, 3.8) is 0 Å². The molecule has 1 atom stereocenters. The number of nitrogens with one attached hydrogen (secondary N) is 1. The topological polar surface area (TPSA) is 38.0 Å². The predicted octanol–water partition coefficient (Wildman–Crippen LogP) is 2.59. The molecule has 0 bridgehead atoms. The van der Waals surface area contributed by atoms with Gasteiger partial charge >= 0.3 is 0 Å². The Morgan fingerprint density at radius 2 is 1.88 bits per heavy atom. The molecule has 16 heavy (non-hydrogen) atoms. The summed E-state index contributed by atoms with van der Waals surface area (Å²) in [5.74, 6) is 6.62. The highest BCUT2D eigenvalue weighted by molar-refractivity contribution is 8.00. The van der Waals surface area contributed by atoms with Gasteiger partial charge in [-0.05, 0) is 12.0 Å². The van der Waals surface area contributed by atoms with E-state index in [1.165, 1.54) is 5.56 Å². The average Bonchev–Trinajstić information content (AvgIpc) is 2.24. The Morgan fingerprint density at radius 3 is 2.38 bits per heavy atom. The first-order valence-electron chi connectivity index (χ1n) is 5.65. The molecule has 0 spiro atoms. The summed E-state index contributed by atoms with van der Waals surface area (Å²) in [6.45, 7) is 6.69. The van der Waals surface area contributed by atoms with Gasteiger partial charge in [0.1, 0.15) is 0 Å². The second-order valence-electron chi connectivity index (χ2n) is 4.98. The first-order valence-corrected chi connectivity index (χ1v) is 6.64. The van der Waals surface area contributed by atoms with Gasteiger partial charge in [-0.3, -0.25) is 11.3 Å². The monoisotopic (exact) mass is 238 g/mol. The van der Waals surface area contributed by atoms with E-state index < -0.39 is 0 Å². The Hall–Kier alpha value is -0.510. The number of hydrogen-bond donors (Lipinski definition) is 2. The number of benzene rings is 1. The van der Waals surface area contributed by atoms with Crippen LogP contribution in [0.1, 0.15) is 26.3 Å². The fraction of sp³-hybridized carbons (Fsp3) is 0.538. The van der Waals surface area contributed by atoms with Gasteiger partial charge in [0.25, 0.3) is 0 Å². The lowest BCUT2D eigenvalue weighted by molar-refractivity contribution is 0.573. The maximum absolute atomic E-state index is 5.59. The highest BCUT2D eigenvalue weighted by atomic mass is 32.2. The van der Waals surface area contributed by atoms with Gasteiger partial charge in [-0.1, -0.05) is 51.1 Å². The van der Waals surface area contributed by atoms with E-state index in [-0.39, 0.29) is 0 Å². The lowest BCUT2D eigenvalue weighted by atomic mass is 10.1. The molecule has 1 aromatic rings. The third kappa shape index (κ3) is 5.54. The molecular formula is C13H22N2S. The molecule has 0 saturated heterocycles. The molecule has 3 heteroatoms. The van der Waals surface area contributed by atoms with Gasteiger partial charge in [-0.15, -0.1) is 0 Å². The molecule has 0 saturated carbocycles. The molecule has 3 N–H and O–H groups in total. The molecule has 0 aliphatic carbocycles. The third-order valence-electron chi connectivity index (χ3n) is 2.28. The van der Waals surface area contributed by atoms with Gasteiger partial charge < -0.3 is 0 Å². The molecule has 0 aliphatic rings. The summed E-state index contributed by atoms with van der Waals surface area (Å²) in [7, 11) is 0. The number of rotatable bonds is 5. The van der Waals surface area contributed by atoms with Crippen LogP contribution in [0.5, 0.6) is 0 Å². The number of nitrogens with two attached hydrogens (primary N) is 1. The van der Waals surface area contributed by atoms with Crippen LogP contribution in [0.25, 0.3) is 0 Å². The minimum Gasteiger partial charge on any atom is -0.271 e. The molecule has 0 aliphatic heterocycles. The SMILES string of the molecule is CC(C)(C)SCC(Cc1ccccc1)NN. The minimum absolute atomic E-state index is 0.297. The summed E-state index contributed by atoms with van der Waals surface area (Å²) < 4.78 is 0.297. The van der Waals surface area contributed by atoms with Crippen LogP contribution in [-0.2, 0) is 6.42 Å². The summed E-state index contributed by atoms with van der Waals surface area (Å²) in [6, 6.07) is 10.8. The standard InChI is InChI=1S/C13H22N2S/c1-13(2,3)16-10-12(15-14)9-11-7-5-4-6-8-11/h4-8,12,15H,9-10,14H2,1-3H3. The Kier molecular flexibility index (Phi) is 5.32. The van der Waals surface area contributed by atoms with Gasteiger partial charge in [0.15, 0.2) is 0 Å². The predicted molar refractivity (Wildman–Crippen MR) is 73.5 cm³/mol. The van der Waals surface area contributed by atoms with Gasteiger partial charge in [0.05, 0.1) is 0 Å². The minimum atomic E-state index is 0.297. The highest BCUT2D eigenvalue weighted by Gasteiger charge is 2.15. The molecule has 1 unspecified atom stereocenters.